The van der Waals surface area contributed by atoms with Crippen LogP contribution in [0, 0.1) is 0 Å². The van der Waals surface area contributed by atoms with Gasteiger partial charge in [0.25, 0.3) is 11.8 Å². The van der Waals surface area contributed by atoms with Gasteiger partial charge in [-0.1, -0.05) is 36.4 Å². The molecule has 0 unspecified atom stereocenters. The van der Waals surface area contributed by atoms with Gasteiger partial charge in [-0.05, 0) is 42.0 Å². The number of nitrogens with one attached hydrogen (secondary N) is 3. The Morgan fingerprint density at radius 3 is 2.25 bits per heavy atom. The molecular formula is C26H25N3O7. The molecule has 0 fully saturated rings. The van der Waals surface area contributed by atoms with E-state index in [0.717, 1.165) is 5.56 Å². The maximum absolute atomic E-state index is 12.2. The van der Waals surface area contributed by atoms with Gasteiger partial charge in [-0.2, -0.15) is 0 Å². The summed E-state index contributed by atoms with van der Waals surface area (Å²) >= 11 is 0. The topological polar surface area (TPSA) is 132 Å². The highest BCUT2D eigenvalue weighted by Gasteiger charge is 2.13. The third kappa shape index (κ3) is 8.49. The summed E-state index contributed by atoms with van der Waals surface area (Å²) in [5.41, 5.74) is 1.61. The van der Waals surface area contributed by atoms with Crippen molar-refractivity contribution in [2.45, 2.75) is 6.54 Å². The van der Waals surface area contributed by atoms with Crippen LogP contribution in [-0.2, 0) is 20.9 Å². The molecule has 36 heavy (non-hydrogen) atoms. The van der Waals surface area contributed by atoms with Gasteiger partial charge in [0.15, 0.2) is 13.2 Å². The summed E-state index contributed by atoms with van der Waals surface area (Å²) in [6, 6.07) is 21.2. The van der Waals surface area contributed by atoms with E-state index in [2.05, 4.69) is 16.0 Å². The van der Waals surface area contributed by atoms with Gasteiger partial charge in [0.2, 0.25) is 0 Å². The van der Waals surface area contributed by atoms with Crippen LogP contribution in [0.5, 0.6) is 11.5 Å². The molecule has 10 nitrogen and oxygen atoms in total. The number of methoxy groups -OCH3 is 1. The van der Waals surface area contributed by atoms with E-state index < -0.39 is 24.5 Å². The van der Waals surface area contributed by atoms with Crippen LogP contribution in [0.4, 0.5) is 10.5 Å². The fraction of sp³-hybridized carbons (Fsp3) is 0.154. The first-order chi connectivity index (χ1) is 17.4. The summed E-state index contributed by atoms with van der Waals surface area (Å²) < 4.78 is 15.5. The molecule has 0 bridgehead atoms. The van der Waals surface area contributed by atoms with Gasteiger partial charge in [0, 0.05) is 18.3 Å². The van der Waals surface area contributed by atoms with Crippen molar-refractivity contribution in [2.75, 3.05) is 25.6 Å². The minimum absolute atomic E-state index is 0.171. The maximum Gasteiger partial charge on any atom is 0.338 e. The summed E-state index contributed by atoms with van der Waals surface area (Å²) in [4.78, 5) is 47.9. The van der Waals surface area contributed by atoms with Crippen LogP contribution < -0.4 is 25.4 Å². The first-order valence-electron chi connectivity index (χ1n) is 10.9. The second kappa shape index (κ2) is 13.1. The third-order valence-corrected chi connectivity index (χ3v) is 4.70. The first kappa shape index (κ1) is 25.8. The van der Waals surface area contributed by atoms with Crippen LogP contribution in [0.15, 0.2) is 78.9 Å². The van der Waals surface area contributed by atoms with Crippen LogP contribution in [0.2, 0.25) is 0 Å². The van der Waals surface area contributed by atoms with Crippen LogP contribution in [0.25, 0.3) is 0 Å². The Morgan fingerprint density at radius 1 is 0.778 bits per heavy atom. The van der Waals surface area contributed by atoms with Gasteiger partial charge in [-0.15, -0.1) is 0 Å². The lowest BCUT2D eigenvalue weighted by Gasteiger charge is -2.09. The quantitative estimate of drug-likeness (QED) is 0.372. The van der Waals surface area contributed by atoms with E-state index in [1.54, 1.807) is 24.3 Å². The summed E-state index contributed by atoms with van der Waals surface area (Å²) in [6.45, 7) is -0.620. The molecule has 4 amide bonds. The Balaban J connectivity index is 1.37. The average Bonchev–Trinajstić information content (AvgIpc) is 2.90. The highest BCUT2D eigenvalue weighted by molar-refractivity contribution is 5.97. The second-order valence-corrected chi connectivity index (χ2v) is 7.39. The minimum atomic E-state index is -0.768. The zero-order chi connectivity index (χ0) is 25.8. The van der Waals surface area contributed by atoms with Crippen LogP contribution >= 0.6 is 0 Å². The van der Waals surface area contributed by atoms with Gasteiger partial charge < -0.3 is 24.8 Å². The zero-order valence-electron chi connectivity index (χ0n) is 19.5. The molecule has 3 N–H and O–H groups in total. The number of benzene rings is 3. The molecule has 0 spiro atoms. The molecule has 0 aliphatic carbocycles. The number of rotatable bonds is 10. The fourth-order valence-electron chi connectivity index (χ4n) is 2.93. The normalized spacial score (nSPS) is 10.0. The highest BCUT2D eigenvalue weighted by atomic mass is 16.5. The molecule has 0 saturated heterocycles. The van der Waals surface area contributed by atoms with Crippen molar-refractivity contribution in [1.29, 1.82) is 0 Å². The molecule has 186 valence electrons. The SMILES string of the molecule is COc1cccc(NC(=O)COc2ccc(C(=O)OCC(=O)NC(=O)NCc3ccccc3)cc2)c1. The molecule has 0 aromatic heterocycles. The number of ether oxygens (including phenoxy) is 3. The monoisotopic (exact) mass is 491 g/mol. The van der Waals surface area contributed by atoms with E-state index in [9.17, 15) is 19.2 Å². The number of carbonyl (C=O) groups excluding carboxylic acids is 4. The summed E-state index contributed by atoms with van der Waals surface area (Å²) in [5, 5.41) is 7.31. The number of hydrogen-bond donors (Lipinski definition) is 3. The Kier molecular flexibility index (Phi) is 9.40. The average molecular weight is 492 g/mol. The Labute approximate surface area is 207 Å². The second-order valence-electron chi connectivity index (χ2n) is 7.39. The van der Waals surface area contributed by atoms with Crippen LogP contribution in [0.1, 0.15) is 15.9 Å². The van der Waals surface area contributed by atoms with Crippen molar-refractivity contribution in [3.63, 3.8) is 0 Å². The summed E-state index contributed by atoms with van der Waals surface area (Å²) in [5.74, 6) is -0.918. The van der Waals surface area contributed by atoms with Crippen molar-refractivity contribution in [2.24, 2.45) is 0 Å². The molecule has 0 heterocycles. The summed E-state index contributed by atoms with van der Waals surface area (Å²) in [7, 11) is 1.53. The van der Waals surface area contributed by atoms with Gasteiger partial charge in [0.1, 0.15) is 11.5 Å². The molecule has 0 aliphatic heterocycles. The van der Waals surface area contributed by atoms with Crippen molar-refractivity contribution in [3.8, 4) is 11.5 Å². The van der Waals surface area contributed by atoms with E-state index in [4.69, 9.17) is 14.2 Å². The van der Waals surface area contributed by atoms with Crippen molar-refractivity contribution >= 4 is 29.5 Å². The molecule has 0 saturated carbocycles. The molecular weight excluding hydrogens is 466 g/mol. The van der Waals surface area contributed by atoms with E-state index in [0.29, 0.717) is 17.2 Å². The predicted molar refractivity (Wildman–Crippen MR) is 131 cm³/mol. The fourth-order valence-corrected chi connectivity index (χ4v) is 2.93. The maximum atomic E-state index is 12.2. The van der Waals surface area contributed by atoms with Crippen molar-refractivity contribution < 1.29 is 33.4 Å². The number of esters is 1. The van der Waals surface area contributed by atoms with E-state index in [1.165, 1.54) is 31.4 Å². The molecule has 10 heteroatoms. The molecule has 0 aliphatic rings. The van der Waals surface area contributed by atoms with E-state index in [1.807, 2.05) is 30.3 Å². The Bertz CT molecular complexity index is 1200. The van der Waals surface area contributed by atoms with Gasteiger partial charge >= 0.3 is 12.0 Å². The lowest BCUT2D eigenvalue weighted by molar-refractivity contribution is -0.123. The Morgan fingerprint density at radius 2 is 1.53 bits per heavy atom. The number of hydrogen-bond acceptors (Lipinski definition) is 7. The van der Waals surface area contributed by atoms with E-state index >= 15 is 0 Å². The standard InChI is InChI=1S/C26H25N3O7/c1-34-22-9-5-8-20(14-22)28-23(30)16-35-21-12-10-19(11-13-21)25(32)36-17-24(31)29-26(33)27-15-18-6-3-2-4-7-18/h2-14H,15-17H2,1H3,(H,28,30)(H2,27,29,31,33). The van der Waals surface area contributed by atoms with Crippen molar-refractivity contribution in [3.05, 3.63) is 90.0 Å². The minimum Gasteiger partial charge on any atom is -0.497 e. The summed E-state index contributed by atoms with van der Waals surface area (Å²) in [6.07, 6.45) is 0. The smallest absolute Gasteiger partial charge is 0.338 e. The van der Waals surface area contributed by atoms with E-state index in [-0.39, 0.29) is 24.6 Å². The molecule has 3 aromatic carbocycles. The molecule has 3 rings (SSSR count). The van der Waals surface area contributed by atoms with Gasteiger partial charge in [0.05, 0.1) is 12.7 Å². The predicted octanol–water partition coefficient (Wildman–Crippen LogP) is 2.90. The highest BCUT2D eigenvalue weighted by Crippen LogP contribution is 2.17. The van der Waals surface area contributed by atoms with Gasteiger partial charge in [-0.3, -0.25) is 14.9 Å². The number of imide groups is 1. The largest absolute Gasteiger partial charge is 0.497 e. The van der Waals surface area contributed by atoms with Crippen LogP contribution in [-0.4, -0.2) is 44.1 Å². The van der Waals surface area contributed by atoms with Crippen LogP contribution in [0.3, 0.4) is 0 Å². The molecule has 0 atom stereocenters. The Hall–Kier alpha value is -4.86. The number of urea groups is 1. The van der Waals surface area contributed by atoms with Crippen molar-refractivity contribution in [1.82, 2.24) is 10.6 Å². The third-order valence-electron chi connectivity index (χ3n) is 4.70. The lowest BCUT2D eigenvalue weighted by atomic mass is 10.2. The number of amides is 4. The first-order valence-corrected chi connectivity index (χ1v) is 10.9. The molecule has 3 aromatic rings. The zero-order valence-corrected chi connectivity index (χ0v) is 19.5. The van der Waals surface area contributed by atoms with Gasteiger partial charge in [-0.25, -0.2) is 9.59 Å². The number of carbonyl (C=O) groups is 4. The number of anilines is 1. The molecule has 0 radical (unpaired) electrons. The lowest BCUT2D eigenvalue weighted by Crippen LogP contribution is -2.41.